The van der Waals surface area contributed by atoms with E-state index in [4.69, 9.17) is 5.73 Å². The minimum Gasteiger partial charge on any atom is -0.399 e. The Morgan fingerprint density at radius 1 is 1.26 bits per heavy atom. The second-order valence-corrected chi connectivity index (χ2v) is 6.38. The van der Waals surface area contributed by atoms with E-state index in [1.807, 2.05) is 23.1 Å². The molecule has 2 aromatic rings. The van der Waals surface area contributed by atoms with Gasteiger partial charge in [-0.3, -0.25) is 4.79 Å². The second kappa shape index (κ2) is 6.41. The summed E-state index contributed by atoms with van der Waals surface area (Å²) in [6.07, 6.45) is 1.22. The molecule has 2 N–H and O–H groups in total. The van der Waals surface area contributed by atoms with Crippen LogP contribution in [0.25, 0.3) is 0 Å². The Kier molecular flexibility index (Phi) is 4.33. The number of nitrogens with two attached hydrogens (primary N) is 1. The number of anilines is 1. The zero-order valence-corrected chi connectivity index (χ0v) is 13.2. The Balaban J connectivity index is 1.78. The first kappa shape index (κ1) is 15.5. The Bertz CT molecular complexity index is 699. The molecule has 0 spiro atoms. The van der Waals surface area contributed by atoms with Gasteiger partial charge in [-0.25, -0.2) is 4.39 Å². The summed E-state index contributed by atoms with van der Waals surface area (Å²) < 4.78 is 13.5. The highest BCUT2D eigenvalue weighted by molar-refractivity contribution is 5.79. The molecule has 2 aromatic carbocycles. The highest BCUT2D eigenvalue weighted by Gasteiger charge is 2.34. The molecule has 0 radical (unpaired) electrons. The molecule has 1 amide bonds. The SMILES string of the molecule is C[C@@H]1C[C@@H](c2cccc(F)c2)N(C(=O)Cc2ccc(N)cc2)C1. The Hall–Kier alpha value is -2.36. The lowest BCUT2D eigenvalue weighted by molar-refractivity contribution is -0.131. The number of rotatable bonds is 3. The minimum atomic E-state index is -0.256. The van der Waals surface area contributed by atoms with Crippen molar-refractivity contribution in [2.24, 2.45) is 5.92 Å². The summed E-state index contributed by atoms with van der Waals surface area (Å²) in [6.45, 7) is 2.85. The van der Waals surface area contributed by atoms with E-state index in [2.05, 4.69) is 6.92 Å². The maximum absolute atomic E-state index is 13.5. The lowest BCUT2D eigenvalue weighted by Gasteiger charge is -2.25. The summed E-state index contributed by atoms with van der Waals surface area (Å²) in [7, 11) is 0. The largest absolute Gasteiger partial charge is 0.399 e. The molecular weight excluding hydrogens is 291 g/mol. The van der Waals surface area contributed by atoms with Gasteiger partial charge in [0.25, 0.3) is 0 Å². The molecule has 4 heteroatoms. The predicted molar refractivity (Wildman–Crippen MR) is 89.2 cm³/mol. The lowest BCUT2D eigenvalue weighted by atomic mass is 10.0. The molecule has 1 saturated heterocycles. The second-order valence-electron chi connectivity index (χ2n) is 6.38. The van der Waals surface area contributed by atoms with Gasteiger partial charge in [0.05, 0.1) is 12.5 Å². The van der Waals surface area contributed by atoms with Crippen molar-refractivity contribution >= 4 is 11.6 Å². The van der Waals surface area contributed by atoms with E-state index in [9.17, 15) is 9.18 Å². The number of nitrogens with zero attached hydrogens (tertiary/aromatic N) is 1. The number of hydrogen-bond acceptors (Lipinski definition) is 2. The van der Waals surface area contributed by atoms with Gasteiger partial charge in [0, 0.05) is 12.2 Å². The number of benzene rings is 2. The Morgan fingerprint density at radius 2 is 2.00 bits per heavy atom. The fourth-order valence-corrected chi connectivity index (χ4v) is 3.26. The van der Waals surface area contributed by atoms with Gasteiger partial charge < -0.3 is 10.6 Å². The van der Waals surface area contributed by atoms with E-state index in [1.165, 1.54) is 12.1 Å². The Labute approximate surface area is 135 Å². The lowest BCUT2D eigenvalue weighted by Crippen LogP contribution is -2.32. The van der Waals surface area contributed by atoms with Gasteiger partial charge in [0.2, 0.25) is 5.91 Å². The van der Waals surface area contributed by atoms with Crippen molar-refractivity contribution in [3.8, 4) is 0 Å². The monoisotopic (exact) mass is 312 g/mol. The Morgan fingerprint density at radius 3 is 2.70 bits per heavy atom. The van der Waals surface area contributed by atoms with Crippen molar-refractivity contribution in [3.63, 3.8) is 0 Å². The topological polar surface area (TPSA) is 46.3 Å². The minimum absolute atomic E-state index is 0.0398. The molecule has 3 rings (SSSR count). The molecule has 120 valence electrons. The molecule has 0 bridgehead atoms. The first-order valence-electron chi connectivity index (χ1n) is 7.92. The van der Waals surface area contributed by atoms with Crippen LogP contribution in [0.2, 0.25) is 0 Å². The third kappa shape index (κ3) is 3.52. The number of nitrogen functional groups attached to an aromatic ring is 1. The van der Waals surface area contributed by atoms with Gasteiger partial charge >= 0.3 is 0 Å². The number of likely N-dealkylation sites (tertiary alicyclic amines) is 1. The van der Waals surface area contributed by atoms with Crippen LogP contribution in [-0.2, 0) is 11.2 Å². The zero-order chi connectivity index (χ0) is 16.4. The van der Waals surface area contributed by atoms with Crippen LogP contribution in [0.1, 0.15) is 30.5 Å². The summed E-state index contributed by atoms with van der Waals surface area (Å²) in [5, 5.41) is 0. The summed E-state index contributed by atoms with van der Waals surface area (Å²) in [6, 6.07) is 13.9. The fraction of sp³-hybridized carbons (Fsp3) is 0.316. The smallest absolute Gasteiger partial charge is 0.227 e. The van der Waals surface area contributed by atoms with E-state index in [0.29, 0.717) is 18.0 Å². The number of carbonyl (C=O) groups is 1. The highest BCUT2D eigenvalue weighted by Crippen LogP contribution is 2.35. The van der Waals surface area contributed by atoms with Crippen molar-refractivity contribution in [3.05, 3.63) is 65.5 Å². The number of hydrogen-bond donors (Lipinski definition) is 1. The molecule has 0 unspecified atom stereocenters. The molecule has 1 aliphatic heterocycles. The number of halogens is 1. The standard InChI is InChI=1S/C19H21FN2O/c1-13-9-18(15-3-2-4-16(20)11-15)22(12-13)19(23)10-14-5-7-17(21)8-6-14/h2-8,11,13,18H,9-10,12,21H2,1H3/t13-,18+/m1/s1. The molecule has 2 atom stereocenters. The van der Waals surface area contributed by atoms with E-state index < -0.39 is 0 Å². The predicted octanol–water partition coefficient (Wildman–Crippen LogP) is 3.56. The van der Waals surface area contributed by atoms with Gasteiger partial charge in [-0.2, -0.15) is 0 Å². The third-order valence-corrected chi connectivity index (χ3v) is 4.40. The average molecular weight is 312 g/mol. The fourth-order valence-electron chi connectivity index (χ4n) is 3.26. The maximum Gasteiger partial charge on any atom is 0.227 e. The number of amides is 1. The van der Waals surface area contributed by atoms with Crippen molar-refractivity contribution in [1.29, 1.82) is 0 Å². The van der Waals surface area contributed by atoms with Crippen LogP contribution in [0.15, 0.2) is 48.5 Å². The molecule has 23 heavy (non-hydrogen) atoms. The molecular formula is C19H21FN2O. The zero-order valence-electron chi connectivity index (χ0n) is 13.2. The quantitative estimate of drug-likeness (QED) is 0.881. The van der Waals surface area contributed by atoms with Crippen molar-refractivity contribution in [2.45, 2.75) is 25.8 Å². The van der Waals surface area contributed by atoms with Gasteiger partial charge in [0.1, 0.15) is 5.82 Å². The van der Waals surface area contributed by atoms with E-state index >= 15 is 0 Å². The number of carbonyl (C=O) groups excluding carboxylic acids is 1. The van der Waals surface area contributed by atoms with Crippen LogP contribution in [0.5, 0.6) is 0 Å². The maximum atomic E-state index is 13.5. The molecule has 0 saturated carbocycles. The van der Waals surface area contributed by atoms with Gasteiger partial charge in [-0.15, -0.1) is 0 Å². The van der Waals surface area contributed by atoms with Crippen LogP contribution in [0.3, 0.4) is 0 Å². The van der Waals surface area contributed by atoms with Crippen molar-refractivity contribution in [1.82, 2.24) is 4.90 Å². The first-order chi connectivity index (χ1) is 11.0. The van der Waals surface area contributed by atoms with Crippen LogP contribution in [0.4, 0.5) is 10.1 Å². The van der Waals surface area contributed by atoms with Crippen molar-refractivity contribution in [2.75, 3.05) is 12.3 Å². The third-order valence-electron chi connectivity index (χ3n) is 4.40. The summed E-state index contributed by atoms with van der Waals surface area (Å²) in [4.78, 5) is 14.6. The van der Waals surface area contributed by atoms with Gasteiger partial charge in [-0.1, -0.05) is 31.2 Å². The summed E-state index contributed by atoms with van der Waals surface area (Å²) >= 11 is 0. The summed E-state index contributed by atoms with van der Waals surface area (Å²) in [5.74, 6) is 0.236. The normalized spacial score (nSPS) is 20.7. The molecule has 1 fully saturated rings. The van der Waals surface area contributed by atoms with Gasteiger partial charge in [-0.05, 0) is 47.7 Å². The van der Waals surface area contributed by atoms with E-state index in [-0.39, 0.29) is 17.8 Å². The van der Waals surface area contributed by atoms with Crippen LogP contribution in [-0.4, -0.2) is 17.4 Å². The van der Waals surface area contributed by atoms with E-state index in [1.54, 1.807) is 18.2 Å². The molecule has 0 aliphatic carbocycles. The molecule has 1 heterocycles. The first-order valence-corrected chi connectivity index (χ1v) is 7.92. The van der Waals surface area contributed by atoms with E-state index in [0.717, 1.165) is 24.1 Å². The van der Waals surface area contributed by atoms with Crippen LogP contribution in [0, 0.1) is 11.7 Å². The van der Waals surface area contributed by atoms with Crippen LogP contribution >= 0.6 is 0 Å². The highest BCUT2D eigenvalue weighted by atomic mass is 19.1. The molecule has 3 nitrogen and oxygen atoms in total. The molecule has 1 aliphatic rings. The van der Waals surface area contributed by atoms with Crippen LogP contribution < -0.4 is 5.73 Å². The average Bonchev–Trinajstić information content (AvgIpc) is 2.92. The molecule has 0 aromatic heterocycles. The van der Waals surface area contributed by atoms with Gasteiger partial charge in [0.15, 0.2) is 0 Å². The summed E-state index contributed by atoms with van der Waals surface area (Å²) in [5.41, 5.74) is 8.19. The van der Waals surface area contributed by atoms with Crippen molar-refractivity contribution < 1.29 is 9.18 Å².